The van der Waals surface area contributed by atoms with Crippen LogP contribution in [0.1, 0.15) is 74.9 Å². The minimum Gasteiger partial charge on any atom is -0.334 e. The lowest BCUT2D eigenvalue weighted by atomic mass is 9.98. The van der Waals surface area contributed by atoms with Crippen LogP contribution in [0.25, 0.3) is 0 Å². The number of aryl methyl sites for hydroxylation is 2. The van der Waals surface area contributed by atoms with Crippen molar-refractivity contribution in [3.63, 3.8) is 0 Å². The molecule has 6 heteroatoms. The minimum absolute atomic E-state index is 0.0699. The standard InChI is InChI=1S/C19H30N4O2/c1-4-15(22-12-8-10-17(22)24)19(25)23-11-7-5-6-9-16(23)18-13(2)20-21-14(18)3/h15-16H,4-12H2,1-3H3,(H,20,21). The van der Waals surface area contributed by atoms with Gasteiger partial charge in [0.2, 0.25) is 11.8 Å². The molecule has 3 heterocycles. The van der Waals surface area contributed by atoms with Crippen LogP contribution in [-0.4, -0.2) is 50.9 Å². The van der Waals surface area contributed by atoms with Gasteiger partial charge in [0.05, 0.1) is 11.7 Å². The first-order valence-electron chi connectivity index (χ1n) is 9.66. The number of rotatable bonds is 4. The quantitative estimate of drug-likeness (QED) is 0.911. The Morgan fingerprint density at radius 1 is 1.24 bits per heavy atom. The fraction of sp³-hybridized carbons (Fsp3) is 0.737. The molecule has 2 fully saturated rings. The monoisotopic (exact) mass is 346 g/mol. The highest BCUT2D eigenvalue weighted by Crippen LogP contribution is 2.34. The molecule has 3 rings (SSSR count). The van der Waals surface area contributed by atoms with Gasteiger partial charge in [-0.25, -0.2) is 0 Å². The van der Waals surface area contributed by atoms with E-state index in [2.05, 4.69) is 10.2 Å². The summed E-state index contributed by atoms with van der Waals surface area (Å²) in [5, 5.41) is 7.41. The summed E-state index contributed by atoms with van der Waals surface area (Å²) in [4.78, 5) is 29.5. The lowest BCUT2D eigenvalue weighted by Gasteiger charge is -2.36. The molecule has 6 nitrogen and oxygen atoms in total. The Bertz CT molecular complexity index is 620. The number of nitrogens with zero attached hydrogens (tertiary/aromatic N) is 3. The number of likely N-dealkylation sites (tertiary alicyclic amines) is 2. The SMILES string of the molecule is CCC(C(=O)N1CCCCCC1c1c(C)n[nH]c1C)N1CCCC1=O. The molecule has 2 aliphatic rings. The van der Waals surface area contributed by atoms with Crippen molar-refractivity contribution in [2.75, 3.05) is 13.1 Å². The third-order valence-corrected chi connectivity index (χ3v) is 5.71. The van der Waals surface area contributed by atoms with E-state index < -0.39 is 0 Å². The first kappa shape index (κ1) is 18.0. The molecule has 1 N–H and O–H groups in total. The minimum atomic E-state index is -0.317. The number of aromatic nitrogens is 2. The van der Waals surface area contributed by atoms with Crippen LogP contribution in [0.3, 0.4) is 0 Å². The molecule has 25 heavy (non-hydrogen) atoms. The molecular formula is C19H30N4O2. The molecule has 2 amide bonds. The Balaban J connectivity index is 1.90. The Hall–Kier alpha value is -1.85. The van der Waals surface area contributed by atoms with Gasteiger partial charge in [-0.1, -0.05) is 19.8 Å². The first-order chi connectivity index (χ1) is 12.0. The molecule has 2 saturated heterocycles. The van der Waals surface area contributed by atoms with E-state index in [1.807, 2.05) is 25.7 Å². The molecule has 0 saturated carbocycles. The molecule has 0 radical (unpaired) electrons. The van der Waals surface area contributed by atoms with E-state index in [0.29, 0.717) is 19.4 Å². The molecule has 2 unspecified atom stereocenters. The second kappa shape index (κ2) is 7.58. The van der Waals surface area contributed by atoms with E-state index >= 15 is 0 Å². The van der Waals surface area contributed by atoms with E-state index in [4.69, 9.17) is 0 Å². The maximum Gasteiger partial charge on any atom is 0.245 e. The predicted molar refractivity (Wildman–Crippen MR) is 96.0 cm³/mol. The second-order valence-corrected chi connectivity index (χ2v) is 7.36. The summed E-state index contributed by atoms with van der Waals surface area (Å²) in [5.74, 6) is 0.242. The Labute approximate surface area is 149 Å². The summed E-state index contributed by atoms with van der Waals surface area (Å²) in [7, 11) is 0. The lowest BCUT2D eigenvalue weighted by Crippen LogP contribution is -2.50. The van der Waals surface area contributed by atoms with Gasteiger partial charge in [0.1, 0.15) is 6.04 Å². The Kier molecular flexibility index (Phi) is 5.45. The number of H-pyrrole nitrogens is 1. The highest BCUT2D eigenvalue weighted by Gasteiger charge is 2.38. The van der Waals surface area contributed by atoms with E-state index in [1.54, 1.807) is 4.90 Å². The van der Waals surface area contributed by atoms with Crippen LogP contribution >= 0.6 is 0 Å². The fourth-order valence-electron chi connectivity index (χ4n) is 4.44. The zero-order valence-electron chi connectivity index (χ0n) is 15.7. The summed E-state index contributed by atoms with van der Waals surface area (Å²) < 4.78 is 0. The van der Waals surface area contributed by atoms with Crippen molar-refractivity contribution in [2.24, 2.45) is 0 Å². The maximum absolute atomic E-state index is 13.4. The van der Waals surface area contributed by atoms with Gasteiger partial charge >= 0.3 is 0 Å². The van der Waals surface area contributed by atoms with Gasteiger partial charge in [0.15, 0.2) is 0 Å². The maximum atomic E-state index is 13.4. The van der Waals surface area contributed by atoms with Crippen molar-refractivity contribution in [3.05, 3.63) is 17.0 Å². The van der Waals surface area contributed by atoms with Gasteiger partial charge < -0.3 is 9.80 Å². The van der Waals surface area contributed by atoms with Crippen LogP contribution in [0.15, 0.2) is 0 Å². The second-order valence-electron chi connectivity index (χ2n) is 7.36. The molecule has 2 aliphatic heterocycles. The molecule has 0 spiro atoms. The van der Waals surface area contributed by atoms with Gasteiger partial charge in [-0.05, 0) is 39.5 Å². The van der Waals surface area contributed by atoms with Crippen LogP contribution in [0.4, 0.5) is 0 Å². The van der Waals surface area contributed by atoms with E-state index in [-0.39, 0.29) is 23.9 Å². The number of nitrogens with one attached hydrogen (secondary N) is 1. The average molecular weight is 346 g/mol. The van der Waals surface area contributed by atoms with Crippen molar-refractivity contribution in [3.8, 4) is 0 Å². The average Bonchev–Trinajstić information content (AvgIpc) is 3.05. The van der Waals surface area contributed by atoms with E-state index in [1.165, 1.54) is 0 Å². The van der Waals surface area contributed by atoms with E-state index in [0.717, 1.165) is 55.6 Å². The van der Waals surface area contributed by atoms with Gasteiger partial charge in [-0.2, -0.15) is 5.10 Å². The number of hydrogen-bond acceptors (Lipinski definition) is 3. The van der Waals surface area contributed by atoms with Gasteiger partial charge in [-0.3, -0.25) is 14.7 Å². The lowest BCUT2D eigenvalue weighted by molar-refractivity contribution is -0.145. The molecule has 1 aromatic rings. The van der Waals surface area contributed by atoms with Crippen LogP contribution in [0.5, 0.6) is 0 Å². The number of carbonyl (C=O) groups excluding carboxylic acids is 2. The number of hydrogen-bond donors (Lipinski definition) is 1. The molecular weight excluding hydrogens is 316 g/mol. The summed E-state index contributed by atoms with van der Waals surface area (Å²) in [6.45, 7) is 7.53. The highest BCUT2D eigenvalue weighted by atomic mass is 16.2. The third kappa shape index (κ3) is 3.44. The molecule has 0 aromatic carbocycles. The first-order valence-corrected chi connectivity index (χ1v) is 9.66. The molecule has 138 valence electrons. The smallest absolute Gasteiger partial charge is 0.245 e. The van der Waals surface area contributed by atoms with Crippen molar-refractivity contribution >= 4 is 11.8 Å². The molecule has 1 aromatic heterocycles. The highest BCUT2D eigenvalue weighted by molar-refractivity contribution is 5.89. The number of aromatic amines is 1. The third-order valence-electron chi connectivity index (χ3n) is 5.71. The van der Waals surface area contributed by atoms with Crippen LogP contribution in [0.2, 0.25) is 0 Å². The van der Waals surface area contributed by atoms with Crippen molar-refractivity contribution in [1.82, 2.24) is 20.0 Å². The van der Waals surface area contributed by atoms with Crippen molar-refractivity contribution < 1.29 is 9.59 Å². The summed E-state index contributed by atoms with van der Waals surface area (Å²) in [5.41, 5.74) is 3.19. The molecule has 0 bridgehead atoms. The molecule has 0 aliphatic carbocycles. The summed E-state index contributed by atoms with van der Waals surface area (Å²) >= 11 is 0. The van der Waals surface area contributed by atoms with Crippen molar-refractivity contribution in [1.29, 1.82) is 0 Å². The normalized spacial score (nSPS) is 23.0. The summed E-state index contributed by atoms with van der Waals surface area (Å²) in [6, 6.07) is -0.247. The van der Waals surface area contributed by atoms with Crippen LogP contribution in [0, 0.1) is 13.8 Å². The Morgan fingerprint density at radius 2 is 2.04 bits per heavy atom. The molecule has 2 atom stereocenters. The van der Waals surface area contributed by atoms with Gasteiger partial charge in [-0.15, -0.1) is 0 Å². The topological polar surface area (TPSA) is 69.3 Å². The zero-order valence-corrected chi connectivity index (χ0v) is 15.7. The van der Waals surface area contributed by atoms with Gasteiger partial charge in [0.25, 0.3) is 0 Å². The van der Waals surface area contributed by atoms with Gasteiger partial charge in [0, 0.05) is 30.8 Å². The van der Waals surface area contributed by atoms with Crippen LogP contribution < -0.4 is 0 Å². The summed E-state index contributed by atoms with van der Waals surface area (Å²) in [6.07, 6.45) is 6.39. The largest absolute Gasteiger partial charge is 0.334 e. The predicted octanol–water partition coefficient (Wildman–Crippen LogP) is 2.87. The zero-order chi connectivity index (χ0) is 18.0. The number of carbonyl (C=O) groups is 2. The Morgan fingerprint density at radius 3 is 2.64 bits per heavy atom. The van der Waals surface area contributed by atoms with Crippen LogP contribution in [-0.2, 0) is 9.59 Å². The fourth-order valence-corrected chi connectivity index (χ4v) is 4.44. The van der Waals surface area contributed by atoms with Crippen molar-refractivity contribution in [2.45, 2.75) is 77.8 Å². The number of amides is 2. The van der Waals surface area contributed by atoms with E-state index in [9.17, 15) is 9.59 Å².